The van der Waals surface area contributed by atoms with Crippen molar-refractivity contribution in [2.75, 3.05) is 19.6 Å². The van der Waals surface area contributed by atoms with Gasteiger partial charge in [0.05, 0.1) is 10.2 Å². The summed E-state index contributed by atoms with van der Waals surface area (Å²) in [4.78, 5) is 43.3. The summed E-state index contributed by atoms with van der Waals surface area (Å²) in [7, 11) is 1.64. The predicted molar refractivity (Wildman–Crippen MR) is 112 cm³/mol. The van der Waals surface area contributed by atoms with Crippen molar-refractivity contribution in [2.24, 2.45) is 13.0 Å². The summed E-state index contributed by atoms with van der Waals surface area (Å²) < 4.78 is 2.41. The van der Waals surface area contributed by atoms with Gasteiger partial charge in [-0.05, 0) is 43.0 Å². The van der Waals surface area contributed by atoms with Crippen LogP contribution in [0.3, 0.4) is 0 Å². The van der Waals surface area contributed by atoms with Gasteiger partial charge >= 0.3 is 0 Å². The molecule has 2 amide bonds. The van der Waals surface area contributed by atoms with Gasteiger partial charge in [0.2, 0.25) is 0 Å². The van der Waals surface area contributed by atoms with E-state index >= 15 is 0 Å². The third kappa shape index (κ3) is 4.07. The molecule has 1 saturated heterocycles. The highest BCUT2D eigenvalue weighted by molar-refractivity contribution is 7.20. The molecule has 1 aliphatic heterocycles. The lowest BCUT2D eigenvalue weighted by molar-refractivity contribution is 0.0682. The number of thiazole rings is 1. The van der Waals surface area contributed by atoms with Crippen LogP contribution in [-0.4, -0.2) is 45.9 Å². The van der Waals surface area contributed by atoms with Gasteiger partial charge in [0.25, 0.3) is 17.4 Å². The number of benzene rings is 1. The number of hydrogen-bond donors (Lipinski definition) is 1. The van der Waals surface area contributed by atoms with Crippen LogP contribution in [0.15, 0.2) is 47.4 Å². The number of nitrogens with zero attached hydrogens (tertiary/aromatic N) is 3. The molecule has 4 rings (SSSR count). The van der Waals surface area contributed by atoms with Crippen molar-refractivity contribution in [3.63, 3.8) is 0 Å². The molecule has 1 fully saturated rings. The standard InChI is InChI=1S/C21H22N4O3S/c1-24-10-4-5-15(20(24)27)21(28)25-11-8-14(9-12-25)13-22-18(26)19-23-16-6-2-3-7-17(16)29-19/h2-7,10,14H,8-9,11-13H2,1H3,(H,22,26). The van der Waals surface area contributed by atoms with Gasteiger partial charge in [-0.25, -0.2) is 4.98 Å². The molecule has 3 heterocycles. The Kier molecular flexibility index (Phi) is 5.44. The minimum Gasteiger partial charge on any atom is -0.350 e. The summed E-state index contributed by atoms with van der Waals surface area (Å²) in [5.74, 6) is -0.0726. The molecule has 8 heteroatoms. The van der Waals surface area contributed by atoms with Crippen LogP contribution < -0.4 is 10.9 Å². The fourth-order valence-electron chi connectivity index (χ4n) is 3.55. The molecule has 3 aromatic rings. The quantitative estimate of drug-likeness (QED) is 0.715. The number of aromatic nitrogens is 2. The van der Waals surface area contributed by atoms with Crippen molar-refractivity contribution in [3.05, 3.63) is 63.5 Å². The van der Waals surface area contributed by atoms with Gasteiger partial charge in [-0.3, -0.25) is 14.4 Å². The Balaban J connectivity index is 1.30. The van der Waals surface area contributed by atoms with Crippen LogP contribution in [0, 0.1) is 5.92 Å². The zero-order valence-corrected chi connectivity index (χ0v) is 16.9. The lowest BCUT2D eigenvalue weighted by Crippen LogP contribution is -2.43. The number of carbonyl (C=O) groups excluding carboxylic acids is 2. The van der Waals surface area contributed by atoms with E-state index in [2.05, 4.69) is 10.3 Å². The van der Waals surface area contributed by atoms with Crippen molar-refractivity contribution in [1.29, 1.82) is 0 Å². The molecule has 0 bridgehead atoms. The number of likely N-dealkylation sites (tertiary alicyclic amines) is 1. The fraction of sp³-hybridized carbons (Fsp3) is 0.333. The van der Waals surface area contributed by atoms with Crippen LogP contribution in [0.1, 0.15) is 33.0 Å². The molecule has 1 aliphatic rings. The molecule has 0 spiro atoms. The summed E-state index contributed by atoms with van der Waals surface area (Å²) in [5, 5.41) is 3.45. The largest absolute Gasteiger partial charge is 0.350 e. The monoisotopic (exact) mass is 410 g/mol. The minimum atomic E-state index is -0.275. The molecule has 7 nitrogen and oxygen atoms in total. The number of rotatable bonds is 4. The Hall–Kier alpha value is -3.00. The second kappa shape index (κ2) is 8.16. The van der Waals surface area contributed by atoms with Crippen LogP contribution in [0.5, 0.6) is 0 Å². The third-order valence-corrected chi connectivity index (χ3v) is 6.33. The molecular weight excluding hydrogens is 388 g/mol. The van der Waals surface area contributed by atoms with Crippen molar-refractivity contribution < 1.29 is 9.59 Å². The summed E-state index contributed by atoms with van der Waals surface area (Å²) >= 11 is 1.39. The normalized spacial score (nSPS) is 14.9. The number of nitrogens with one attached hydrogen (secondary N) is 1. The third-order valence-electron chi connectivity index (χ3n) is 5.29. The molecule has 2 aromatic heterocycles. The Morgan fingerprint density at radius 2 is 1.93 bits per heavy atom. The van der Waals surface area contributed by atoms with E-state index in [1.54, 1.807) is 30.3 Å². The number of amides is 2. The molecule has 0 saturated carbocycles. The Bertz CT molecular complexity index is 1080. The Morgan fingerprint density at radius 3 is 2.69 bits per heavy atom. The lowest BCUT2D eigenvalue weighted by Gasteiger charge is -2.32. The summed E-state index contributed by atoms with van der Waals surface area (Å²) in [6.45, 7) is 1.72. The van der Waals surface area contributed by atoms with Crippen LogP contribution in [0.2, 0.25) is 0 Å². The first-order valence-electron chi connectivity index (χ1n) is 9.61. The zero-order chi connectivity index (χ0) is 20.4. The van der Waals surface area contributed by atoms with Crippen LogP contribution in [0.4, 0.5) is 0 Å². The van der Waals surface area contributed by atoms with Gasteiger partial charge in [-0.2, -0.15) is 0 Å². The maximum absolute atomic E-state index is 12.7. The number of carbonyl (C=O) groups is 2. The molecule has 1 N–H and O–H groups in total. The first kappa shape index (κ1) is 19.3. The van der Waals surface area contributed by atoms with Gasteiger partial charge < -0.3 is 14.8 Å². The van der Waals surface area contributed by atoms with Crippen LogP contribution in [-0.2, 0) is 7.05 Å². The fourth-order valence-corrected chi connectivity index (χ4v) is 4.43. The smallest absolute Gasteiger partial charge is 0.280 e. The summed E-state index contributed by atoms with van der Waals surface area (Å²) in [6, 6.07) is 11.0. The number of fused-ring (bicyclic) bond motifs is 1. The topological polar surface area (TPSA) is 84.3 Å². The highest BCUT2D eigenvalue weighted by Gasteiger charge is 2.25. The second-order valence-electron chi connectivity index (χ2n) is 7.27. The van der Waals surface area contributed by atoms with E-state index in [0.29, 0.717) is 30.6 Å². The molecule has 0 unspecified atom stereocenters. The van der Waals surface area contributed by atoms with E-state index in [9.17, 15) is 14.4 Å². The first-order valence-corrected chi connectivity index (χ1v) is 10.4. The van der Waals surface area contributed by atoms with E-state index < -0.39 is 0 Å². The van der Waals surface area contributed by atoms with Gasteiger partial charge in [0, 0.05) is 32.9 Å². The predicted octanol–water partition coefficient (Wildman–Crippen LogP) is 2.28. The van der Waals surface area contributed by atoms with Gasteiger partial charge in [0.1, 0.15) is 5.56 Å². The van der Waals surface area contributed by atoms with Gasteiger partial charge in [-0.15, -0.1) is 11.3 Å². The number of aryl methyl sites for hydroxylation is 1. The van der Waals surface area contributed by atoms with Crippen molar-refractivity contribution in [1.82, 2.24) is 19.8 Å². The molecule has 0 radical (unpaired) electrons. The van der Waals surface area contributed by atoms with Crippen molar-refractivity contribution in [3.8, 4) is 0 Å². The molecule has 0 atom stereocenters. The molecule has 0 aliphatic carbocycles. The number of para-hydroxylation sites is 1. The van der Waals surface area contributed by atoms with E-state index in [4.69, 9.17) is 0 Å². The van der Waals surface area contributed by atoms with Crippen LogP contribution in [0.25, 0.3) is 10.2 Å². The van der Waals surface area contributed by atoms with Gasteiger partial charge in [-0.1, -0.05) is 12.1 Å². The Labute approximate surface area is 172 Å². The average molecular weight is 410 g/mol. The average Bonchev–Trinajstić information content (AvgIpc) is 3.18. The first-order chi connectivity index (χ1) is 14.0. The zero-order valence-electron chi connectivity index (χ0n) is 16.1. The molecule has 29 heavy (non-hydrogen) atoms. The molecule has 150 valence electrons. The highest BCUT2D eigenvalue weighted by atomic mass is 32.1. The Morgan fingerprint density at radius 1 is 1.17 bits per heavy atom. The van der Waals surface area contributed by atoms with E-state index in [-0.39, 0.29) is 22.9 Å². The minimum absolute atomic E-state index is 0.155. The van der Waals surface area contributed by atoms with Gasteiger partial charge in [0.15, 0.2) is 5.01 Å². The maximum atomic E-state index is 12.7. The van der Waals surface area contributed by atoms with E-state index in [1.165, 1.54) is 15.9 Å². The van der Waals surface area contributed by atoms with E-state index in [0.717, 1.165) is 23.1 Å². The van der Waals surface area contributed by atoms with Crippen molar-refractivity contribution >= 4 is 33.4 Å². The van der Waals surface area contributed by atoms with Crippen LogP contribution >= 0.6 is 11.3 Å². The highest BCUT2D eigenvalue weighted by Crippen LogP contribution is 2.22. The number of piperidine rings is 1. The summed E-state index contributed by atoms with van der Waals surface area (Å²) in [5.41, 5.74) is 0.766. The molecular formula is C21H22N4O3S. The van der Waals surface area contributed by atoms with E-state index in [1.807, 2.05) is 24.3 Å². The molecule has 1 aromatic carbocycles. The summed E-state index contributed by atoms with van der Waals surface area (Å²) in [6.07, 6.45) is 3.22. The lowest BCUT2D eigenvalue weighted by atomic mass is 9.96. The second-order valence-corrected chi connectivity index (χ2v) is 8.30. The number of pyridine rings is 1. The maximum Gasteiger partial charge on any atom is 0.280 e. The SMILES string of the molecule is Cn1cccc(C(=O)N2CCC(CNC(=O)c3nc4ccccc4s3)CC2)c1=O. The van der Waals surface area contributed by atoms with Crippen molar-refractivity contribution in [2.45, 2.75) is 12.8 Å². The number of hydrogen-bond acceptors (Lipinski definition) is 5.